The van der Waals surface area contributed by atoms with E-state index >= 15 is 0 Å². The van der Waals surface area contributed by atoms with E-state index in [-0.39, 0.29) is 24.4 Å². The molecule has 23 heavy (non-hydrogen) atoms. The van der Waals surface area contributed by atoms with E-state index in [9.17, 15) is 9.59 Å². The molecule has 2 aliphatic rings. The fourth-order valence-corrected chi connectivity index (χ4v) is 3.49. The molecular formula is C18H30N2O3. The van der Waals surface area contributed by atoms with Crippen molar-refractivity contribution in [1.82, 2.24) is 9.80 Å². The topological polar surface area (TPSA) is 49.9 Å². The van der Waals surface area contributed by atoms with Crippen molar-refractivity contribution >= 4 is 11.9 Å². The number of carbonyl (C=O) groups is 2. The number of likely N-dealkylation sites (tertiary alicyclic amines) is 2. The summed E-state index contributed by atoms with van der Waals surface area (Å²) in [5.41, 5.74) is 0. The third-order valence-corrected chi connectivity index (χ3v) is 5.06. The van der Waals surface area contributed by atoms with Crippen LogP contribution in [0.4, 0.5) is 0 Å². The van der Waals surface area contributed by atoms with Gasteiger partial charge in [0.15, 0.2) is 0 Å². The van der Waals surface area contributed by atoms with Crippen LogP contribution in [0, 0.1) is 11.8 Å². The molecule has 0 aliphatic carbocycles. The van der Waals surface area contributed by atoms with Gasteiger partial charge in [0.25, 0.3) is 0 Å². The van der Waals surface area contributed by atoms with Crippen molar-refractivity contribution in [2.45, 2.75) is 38.5 Å². The Labute approximate surface area is 139 Å². The van der Waals surface area contributed by atoms with Crippen molar-refractivity contribution in [1.29, 1.82) is 0 Å². The molecule has 0 aromatic rings. The van der Waals surface area contributed by atoms with Gasteiger partial charge in [0, 0.05) is 19.5 Å². The minimum atomic E-state index is -0.197. The number of amides is 1. The number of nitrogens with zero attached hydrogens (tertiary/aromatic N) is 2. The zero-order valence-electron chi connectivity index (χ0n) is 14.3. The van der Waals surface area contributed by atoms with Gasteiger partial charge in [-0.05, 0) is 58.2 Å². The van der Waals surface area contributed by atoms with E-state index in [1.807, 2.05) is 4.90 Å². The van der Waals surface area contributed by atoms with Crippen LogP contribution in [-0.4, -0.2) is 61.5 Å². The molecule has 1 amide bonds. The lowest BCUT2D eigenvalue weighted by Gasteiger charge is -2.33. The first-order chi connectivity index (χ1) is 11.1. The molecular weight excluding hydrogens is 292 g/mol. The molecule has 2 fully saturated rings. The number of carbonyl (C=O) groups excluding carboxylic acids is 2. The maximum Gasteiger partial charge on any atom is 0.311 e. The molecule has 130 valence electrons. The van der Waals surface area contributed by atoms with Crippen molar-refractivity contribution in [2.75, 3.05) is 39.8 Å². The Kier molecular flexibility index (Phi) is 7.09. The van der Waals surface area contributed by atoms with Crippen LogP contribution in [0.2, 0.25) is 0 Å². The van der Waals surface area contributed by atoms with Crippen LogP contribution in [0.1, 0.15) is 38.5 Å². The van der Waals surface area contributed by atoms with Crippen molar-refractivity contribution in [3.63, 3.8) is 0 Å². The van der Waals surface area contributed by atoms with Gasteiger partial charge in [-0.1, -0.05) is 12.7 Å². The Hall–Kier alpha value is -1.36. The number of piperidine rings is 2. The third-order valence-electron chi connectivity index (χ3n) is 5.06. The molecule has 2 heterocycles. The van der Waals surface area contributed by atoms with Gasteiger partial charge in [0.2, 0.25) is 5.91 Å². The minimum absolute atomic E-state index is 0.170. The smallest absolute Gasteiger partial charge is 0.311 e. The Balaban J connectivity index is 1.73. The SMILES string of the molecule is C=CCOC(=O)C1CCCN(C(=O)CCC2CCN(C)CC2)C1. The monoisotopic (exact) mass is 322 g/mol. The van der Waals surface area contributed by atoms with Gasteiger partial charge in [-0.3, -0.25) is 9.59 Å². The Morgan fingerprint density at radius 1 is 1.22 bits per heavy atom. The van der Waals surface area contributed by atoms with Crippen molar-refractivity contribution in [3.8, 4) is 0 Å². The summed E-state index contributed by atoms with van der Waals surface area (Å²) in [5.74, 6) is 0.507. The molecule has 5 heteroatoms. The molecule has 0 saturated carbocycles. The van der Waals surface area contributed by atoms with E-state index < -0.39 is 0 Å². The fourth-order valence-electron chi connectivity index (χ4n) is 3.49. The Morgan fingerprint density at radius 2 is 1.96 bits per heavy atom. The van der Waals surface area contributed by atoms with Crippen molar-refractivity contribution in [2.24, 2.45) is 11.8 Å². The minimum Gasteiger partial charge on any atom is -0.461 e. The molecule has 0 N–H and O–H groups in total. The second kappa shape index (κ2) is 9.06. The average molecular weight is 322 g/mol. The molecule has 0 bridgehead atoms. The number of rotatable bonds is 6. The Morgan fingerprint density at radius 3 is 2.65 bits per heavy atom. The maximum atomic E-state index is 12.4. The highest BCUT2D eigenvalue weighted by molar-refractivity contribution is 5.78. The lowest BCUT2D eigenvalue weighted by atomic mass is 9.91. The predicted octanol–water partition coefficient (Wildman–Crippen LogP) is 2.08. The number of hydrogen-bond acceptors (Lipinski definition) is 4. The zero-order valence-corrected chi connectivity index (χ0v) is 14.3. The normalized spacial score (nSPS) is 23.5. The van der Waals surface area contributed by atoms with Crippen LogP contribution < -0.4 is 0 Å². The van der Waals surface area contributed by atoms with Gasteiger partial charge in [-0.2, -0.15) is 0 Å². The first kappa shape index (κ1) is 18.0. The summed E-state index contributed by atoms with van der Waals surface area (Å²) in [4.78, 5) is 28.6. The van der Waals surface area contributed by atoms with Crippen molar-refractivity contribution < 1.29 is 14.3 Å². The van der Waals surface area contributed by atoms with Crippen LogP contribution in [0.25, 0.3) is 0 Å². The quantitative estimate of drug-likeness (QED) is 0.555. The number of esters is 1. The first-order valence-electron chi connectivity index (χ1n) is 8.84. The predicted molar refractivity (Wildman–Crippen MR) is 89.9 cm³/mol. The van der Waals surface area contributed by atoms with Gasteiger partial charge >= 0.3 is 5.97 Å². The lowest BCUT2D eigenvalue weighted by molar-refractivity contribution is -0.150. The zero-order chi connectivity index (χ0) is 16.7. The van der Waals surface area contributed by atoms with E-state index in [1.54, 1.807) is 6.08 Å². The number of ether oxygens (including phenoxy) is 1. The van der Waals surface area contributed by atoms with Crippen LogP contribution in [-0.2, 0) is 14.3 Å². The van der Waals surface area contributed by atoms with Gasteiger partial charge < -0.3 is 14.5 Å². The van der Waals surface area contributed by atoms with Gasteiger partial charge in [-0.25, -0.2) is 0 Å². The molecule has 0 aromatic heterocycles. The molecule has 1 unspecified atom stereocenters. The van der Waals surface area contributed by atoms with E-state index in [2.05, 4.69) is 18.5 Å². The summed E-state index contributed by atoms with van der Waals surface area (Å²) in [6.45, 7) is 7.37. The summed E-state index contributed by atoms with van der Waals surface area (Å²) >= 11 is 0. The molecule has 1 atom stereocenters. The summed E-state index contributed by atoms with van der Waals surface area (Å²) in [6.07, 6.45) is 7.26. The maximum absolute atomic E-state index is 12.4. The molecule has 2 saturated heterocycles. The van der Waals surface area contributed by atoms with E-state index in [0.29, 0.717) is 18.9 Å². The van der Waals surface area contributed by atoms with Gasteiger partial charge in [0.05, 0.1) is 5.92 Å². The van der Waals surface area contributed by atoms with Crippen LogP contribution in [0.3, 0.4) is 0 Å². The highest BCUT2D eigenvalue weighted by Crippen LogP contribution is 2.23. The molecule has 0 radical (unpaired) electrons. The first-order valence-corrected chi connectivity index (χ1v) is 8.84. The second-order valence-electron chi connectivity index (χ2n) is 6.88. The van der Waals surface area contributed by atoms with E-state index in [0.717, 1.165) is 38.9 Å². The summed E-state index contributed by atoms with van der Waals surface area (Å²) in [7, 11) is 2.15. The van der Waals surface area contributed by atoms with Gasteiger partial charge in [-0.15, -0.1) is 0 Å². The second-order valence-corrected chi connectivity index (χ2v) is 6.88. The molecule has 0 spiro atoms. The van der Waals surface area contributed by atoms with Gasteiger partial charge in [0.1, 0.15) is 6.61 Å². The molecule has 2 aliphatic heterocycles. The number of hydrogen-bond donors (Lipinski definition) is 0. The summed E-state index contributed by atoms with van der Waals surface area (Å²) < 4.78 is 5.12. The molecule has 2 rings (SSSR count). The summed E-state index contributed by atoms with van der Waals surface area (Å²) in [6, 6.07) is 0. The molecule has 5 nitrogen and oxygen atoms in total. The lowest BCUT2D eigenvalue weighted by Crippen LogP contribution is -2.43. The van der Waals surface area contributed by atoms with E-state index in [4.69, 9.17) is 4.74 Å². The van der Waals surface area contributed by atoms with Crippen molar-refractivity contribution in [3.05, 3.63) is 12.7 Å². The molecule has 0 aromatic carbocycles. The third kappa shape index (κ3) is 5.65. The standard InChI is InChI=1S/C18H30N2O3/c1-3-13-23-18(22)16-5-4-10-20(14-16)17(21)7-6-15-8-11-19(2)12-9-15/h3,15-16H,1,4-14H2,2H3. The van der Waals surface area contributed by atoms with Crippen LogP contribution in [0.5, 0.6) is 0 Å². The fraction of sp³-hybridized carbons (Fsp3) is 0.778. The Bertz CT molecular complexity index is 416. The van der Waals surface area contributed by atoms with Crippen LogP contribution >= 0.6 is 0 Å². The summed E-state index contributed by atoms with van der Waals surface area (Å²) in [5, 5.41) is 0. The van der Waals surface area contributed by atoms with Crippen LogP contribution in [0.15, 0.2) is 12.7 Å². The highest BCUT2D eigenvalue weighted by atomic mass is 16.5. The average Bonchev–Trinajstić information content (AvgIpc) is 2.59. The van der Waals surface area contributed by atoms with E-state index in [1.165, 1.54) is 12.8 Å². The highest BCUT2D eigenvalue weighted by Gasteiger charge is 2.29. The largest absolute Gasteiger partial charge is 0.461 e.